The van der Waals surface area contributed by atoms with Crippen LogP contribution in [0.5, 0.6) is 0 Å². The summed E-state index contributed by atoms with van der Waals surface area (Å²) in [4.78, 5) is 23.0. The van der Waals surface area contributed by atoms with Crippen molar-refractivity contribution in [3.63, 3.8) is 0 Å². The minimum Gasteiger partial charge on any atom is -0.326 e. The maximum Gasteiger partial charge on any atom is 0.272 e. The van der Waals surface area contributed by atoms with Gasteiger partial charge >= 0.3 is 0 Å². The van der Waals surface area contributed by atoms with Gasteiger partial charge in [0.1, 0.15) is 12.7 Å². The van der Waals surface area contributed by atoms with Gasteiger partial charge in [-0.2, -0.15) is 0 Å². The van der Waals surface area contributed by atoms with Crippen LogP contribution in [-0.2, 0) is 4.79 Å². The summed E-state index contributed by atoms with van der Waals surface area (Å²) in [5.74, 6) is -0.598. The van der Waals surface area contributed by atoms with Crippen molar-refractivity contribution in [1.29, 1.82) is 0 Å². The van der Waals surface area contributed by atoms with E-state index in [2.05, 4.69) is 20.9 Å². The van der Waals surface area contributed by atoms with Crippen LogP contribution in [0.25, 0.3) is 0 Å². The fourth-order valence-electron chi connectivity index (χ4n) is 1.42. The topological polar surface area (TPSA) is 88.9 Å². The van der Waals surface area contributed by atoms with E-state index in [1.807, 2.05) is 0 Å². The van der Waals surface area contributed by atoms with Crippen molar-refractivity contribution in [2.24, 2.45) is 0 Å². The van der Waals surface area contributed by atoms with Gasteiger partial charge in [0.15, 0.2) is 0 Å². The number of para-hydroxylation sites is 1. The Morgan fingerprint density at radius 3 is 2.50 bits per heavy atom. The van der Waals surface area contributed by atoms with Gasteiger partial charge in [0.2, 0.25) is 5.91 Å². The lowest BCUT2D eigenvalue weighted by Gasteiger charge is -2.09. The third-order valence-electron chi connectivity index (χ3n) is 2.13. The van der Waals surface area contributed by atoms with Crippen LogP contribution >= 0.6 is 0 Å². The van der Waals surface area contributed by atoms with E-state index in [0.717, 1.165) is 0 Å². The van der Waals surface area contributed by atoms with Crippen LogP contribution in [0, 0.1) is 0 Å². The summed E-state index contributed by atoms with van der Waals surface area (Å²) in [6.45, 7) is 1.38. The van der Waals surface area contributed by atoms with Gasteiger partial charge in [-0.1, -0.05) is 12.1 Å². The Kier molecular flexibility index (Phi) is 3.33. The second-order valence-corrected chi connectivity index (χ2v) is 3.54. The van der Waals surface area contributed by atoms with E-state index in [-0.39, 0.29) is 11.8 Å². The zero-order chi connectivity index (χ0) is 13.0. The van der Waals surface area contributed by atoms with Crippen LogP contribution in [0.15, 0.2) is 36.9 Å². The molecule has 1 aromatic heterocycles. The summed E-state index contributed by atoms with van der Waals surface area (Å²) in [6, 6.07) is 6.72. The lowest BCUT2D eigenvalue weighted by Crippen LogP contribution is -2.23. The molecule has 0 radical (unpaired) electrons. The maximum absolute atomic E-state index is 12.0. The molecule has 7 heteroatoms. The van der Waals surface area contributed by atoms with Crippen molar-refractivity contribution in [3.05, 3.63) is 42.5 Å². The second kappa shape index (κ2) is 5.09. The molecule has 0 unspecified atom stereocenters. The number of hydrogen-bond donors (Lipinski definition) is 2. The Morgan fingerprint density at radius 2 is 1.83 bits per heavy atom. The molecule has 2 N–H and O–H groups in total. The quantitative estimate of drug-likeness (QED) is 0.829. The third kappa shape index (κ3) is 2.70. The zero-order valence-electron chi connectivity index (χ0n) is 9.62. The molecule has 0 spiro atoms. The summed E-state index contributed by atoms with van der Waals surface area (Å²) in [7, 11) is 0. The molecule has 0 fully saturated rings. The van der Waals surface area contributed by atoms with E-state index >= 15 is 0 Å². The number of rotatable bonds is 3. The van der Waals surface area contributed by atoms with Crippen LogP contribution in [0.3, 0.4) is 0 Å². The van der Waals surface area contributed by atoms with Crippen LogP contribution < -0.4 is 10.7 Å². The fourth-order valence-corrected chi connectivity index (χ4v) is 1.42. The molecule has 92 valence electrons. The van der Waals surface area contributed by atoms with E-state index in [9.17, 15) is 9.59 Å². The van der Waals surface area contributed by atoms with E-state index in [0.29, 0.717) is 11.3 Å². The van der Waals surface area contributed by atoms with Gasteiger partial charge in [-0.15, -0.1) is 10.2 Å². The minimum atomic E-state index is -0.362. The van der Waals surface area contributed by atoms with Gasteiger partial charge < -0.3 is 5.32 Å². The van der Waals surface area contributed by atoms with Gasteiger partial charge in [0, 0.05) is 6.92 Å². The summed E-state index contributed by atoms with van der Waals surface area (Å²) in [5, 5.41) is 9.73. The maximum atomic E-state index is 12.0. The van der Waals surface area contributed by atoms with Crippen molar-refractivity contribution in [2.75, 3.05) is 10.7 Å². The first-order valence-electron chi connectivity index (χ1n) is 5.19. The van der Waals surface area contributed by atoms with Crippen molar-refractivity contribution < 1.29 is 9.59 Å². The van der Waals surface area contributed by atoms with E-state index in [1.165, 1.54) is 24.3 Å². The monoisotopic (exact) mass is 245 g/mol. The van der Waals surface area contributed by atoms with E-state index in [4.69, 9.17) is 0 Å². The highest BCUT2D eigenvalue weighted by Crippen LogP contribution is 2.14. The Bertz CT molecular complexity index is 565. The molecule has 2 rings (SSSR count). The van der Waals surface area contributed by atoms with Crippen LogP contribution in [0.4, 0.5) is 5.69 Å². The van der Waals surface area contributed by atoms with E-state index in [1.54, 1.807) is 24.3 Å². The minimum absolute atomic E-state index is 0.237. The molecular weight excluding hydrogens is 234 g/mol. The number of anilines is 1. The number of nitrogens with zero attached hydrogens (tertiary/aromatic N) is 3. The fraction of sp³-hybridized carbons (Fsp3) is 0.0909. The van der Waals surface area contributed by atoms with Crippen LogP contribution in [-0.4, -0.2) is 26.7 Å². The Hall–Kier alpha value is -2.70. The molecule has 0 bridgehead atoms. The highest BCUT2D eigenvalue weighted by atomic mass is 16.2. The number of nitrogens with one attached hydrogen (secondary N) is 2. The van der Waals surface area contributed by atoms with Gasteiger partial charge in [-0.25, -0.2) is 4.68 Å². The molecule has 1 aromatic carbocycles. The number of carbonyl (C=O) groups excluding carboxylic acids is 2. The zero-order valence-corrected chi connectivity index (χ0v) is 9.62. The average molecular weight is 245 g/mol. The smallest absolute Gasteiger partial charge is 0.272 e. The van der Waals surface area contributed by atoms with Crippen molar-refractivity contribution >= 4 is 17.5 Å². The first kappa shape index (κ1) is 11.8. The molecule has 0 atom stereocenters. The molecule has 18 heavy (non-hydrogen) atoms. The highest BCUT2D eigenvalue weighted by Gasteiger charge is 2.11. The van der Waals surface area contributed by atoms with Gasteiger partial charge in [0.25, 0.3) is 5.91 Å². The van der Waals surface area contributed by atoms with Crippen molar-refractivity contribution in [3.8, 4) is 0 Å². The molecule has 7 nitrogen and oxygen atoms in total. The number of carbonyl (C=O) groups is 2. The lowest BCUT2D eigenvalue weighted by molar-refractivity contribution is -0.114. The predicted octanol–water partition coefficient (Wildman–Crippen LogP) is 0.620. The highest BCUT2D eigenvalue weighted by molar-refractivity contribution is 6.06. The van der Waals surface area contributed by atoms with Gasteiger partial charge in [-0.05, 0) is 12.1 Å². The average Bonchev–Trinajstić information content (AvgIpc) is 2.81. The van der Waals surface area contributed by atoms with Crippen molar-refractivity contribution in [2.45, 2.75) is 6.92 Å². The number of hydrogen-bond acceptors (Lipinski definition) is 4. The molecule has 1 heterocycles. The third-order valence-corrected chi connectivity index (χ3v) is 2.13. The molecule has 0 aliphatic carbocycles. The summed E-state index contributed by atoms with van der Waals surface area (Å²) >= 11 is 0. The Labute approximate surface area is 103 Å². The molecule has 0 aliphatic heterocycles. The first-order chi connectivity index (χ1) is 8.66. The van der Waals surface area contributed by atoms with Gasteiger partial charge in [0.05, 0.1) is 11.3 Å². The van der Waals surface area contributed by atoms with Crippen LogP contribution in [0.1, 0.15) is 17.3 Å². The first-order valence-corrected chi connectivity index (χ1v) is 5.19. The van der Waals surface area contributed by atoms with Crippen LogP contribution in [0.2, 0.25) is 0 Å². The molecule has 0 saturated carbocycles. The summed E-state index contributed by atoms with van der Waals surface area (Å²) < 4.78 is 1.33. The summed E-state index contributed by atoms with van der Waals surface area (Å²) in [6.07, 6.45) is 2.72. The van der Waals surface area contributed by atoms with Crippen molar-refractivity contribution in [1.82, 2.24) is 14.9 Å². The molecule has 0 aliphatic rings. The number of benzene rings is 1. The van der Waals surface area contributed by atoms with E-state index < -0.39 is 0 Å². The molecule has 2 amide bonds. The molecular formula is C11H11N5O2. The molecule has 2 aromatic rings. The Morgan fingerprint density at radius 1 is 1.17 bits per heavy atom. The molecule has 0 saturated heterocycles. The summed E-state index contributed by atoms with van der Waals surface area (Å²) in [5.41, 5.74) is 3.37. The largest absolute Gasteiger partial charge is 0.326 e. The number of aromatic nitrogens is 3. The SMILES string of the molecule is CC(=O)Nc1ccccc1C(=O)Nn1cnnc1. The van der Waals surface area contributed by atoms with Gasteiger partial charge in [-0.3, -0.25) is 15.0 Å². The number of amides is 2. The lowest BCUT2D eigenvalue weighted by atomic mass is 10.1. The second-order valence-electron chi connectivity index (χ2n) is 3.54. The Balaban J connectivity index is 2.21. The standard InChI is InChI=1S/C11H11N5O2/c1-8(17)14-10-5-3-2-4-9(10)11(18)15-16-6-12-13-7-16/h2-7H,1H3,(H,14,17)(H,15,18). The predicted molar refractivity (Wildman–Crippen MR) is 64.5 cm³/mol. The normalized spacial score (nSPS) is 9.83.